The van der Waals surface area contributed by atoms with Crippen LogP contribution in [-0.4, -0.2) is 41.6 Å². The lowest BCUT2D eigenvalue weighted by atomic mass is 10.4. The smallest absolute Gasteiger partial charge is 0.239 e. The number of carbonyl (C=O) groups excluding carboxylic acids is 2. The van der Waals surface area contributed by atoms with E-state index in [2.05, 4.69) is 20.8 Å². The molecule has 0 unspecified atom stereocenters. The fourth-order valence-corrected chi connectivity index (χ4v) is 1.06. The zero-order valence-electron chi connectivity index (χ0n) is 9.52. The molecule has 4 N–H and O–H groups in total. The van der Waals surface area contributed by atoms with Gasteiger partial charge in [-0.1, -0.05) is 5.16 Å². The molecule has 8 nitrogen and oxygen atoms in total. The molecule has 0 atom stereocenters. The maximum Gasteiger partial charge on any atom is 0.239 e. The van der Waals surface area contributed by atoms with Crippen molar-refractivity contribution in [3.63, 3.8) is 0 Å². The third-order valence-electron chi connectivity index (χ3n) is 1.86. The van der Waals surface area contributed by atoms with Crippen LogP contribution in [0.3, 0.4) is 0 Å². The molecule has 0 bridgehead atoms. The third kappa shape index (κ3) is 5.07. The fourth-order valence-electron chi connectivity index (χ4n) is 1.06. The molecule has 0 spiro atoms. The lowest BCUT2D eigenvalue weighted by molar-refractivity contribution is -0.125. The van der Waals surface area contributed by atoms with Gasteiger partial charge in [0.2, 0.25) is 17.7 Å². The summed E-state index contributed by atoms with van der Waals surface area (Å²) in [6.07, 6.45) is 0.456. The van der Waals surface area contributed by atoms with Gasteiger partial charge in [0.15, 0.2) is 5.82 Å². The average molecular weight is 241 g/mol. The minimum atomic E-state index is -0.368. The number of nitrogens with two attached hydrogens (primary N) is 1. The third-order valence-corrected chi connectivity index (χ3v) is 1.86. The molecule has 0 aliphatic rings. The fraction of sp³-hybridized carbons (Fsp3) is 0.556. The number of hydrogen-bond donors (Lipinski definition) is 3. The minimum absolute atomic E-state index is 0.0844. The molecular formula is C9H15N5O3. The SMILES string of the molecule is Cc1noc(CCNC(=O)CNC(=O)CN)n1. The second-order valence-electron chi connectivity index (χ2n) is 3.32. The number of nitrogens with zero attached hydrogens (tertiary/aromatic N) is 2. The summed E-state index contributed by atoms with van der Waals surface area (Å²) in [5.41, 5.74) is 5.07. The Balaban J connectivity index is 2.14. The molecule has 94 valence electrons. The highest BCUT2D eigenvalue weighted by Gasteiger charge is 2.05. The van der Waals surface area contributed by atoms with Crippen LogP contribution in [0.1, 0.15) is 11.7 Å². The van der Waals surface area contributed by atoms with Gasteiger partial charge in [-0.2, -0.15) is 4.98 Å². The molecule has 1 aromatic rings. The lowest BCUT2D eigenvalue weighted by Crippen LogP contribution is -2.40. The van der Waals surface area contributed by atoms with Gasteiger partial charge in [0.25, 0.3) is 0 Å². The van der Waals surface area contributed by atoms with Gasteiger partial charge in [-0.25, -0.2) is 0 Å². The zero-order valence-corrected chi connectivity index (χ0v) is 9.52. The normalized spacial score (nSPS) is 10.0. The average Bonchev–Trinajstić information content (AvgIpc) is 2.72. The summed E-state index contributed by atoms with van der Waals surface area (Å²) in [6.45, 7) is 1.88. The van der Waals surface area contributed by atoms with Crippen LogP contribution in [0.5, 0.6) is 0 Å². The van der Waals surface area contributed by atoms with Gasteiger partial charge in [-0.05, 0) is 6.92 Å². The highest BCUT2D eigenvalue weighted by Crippen LogP contribution is 1.95. The summed E-state index contributed by atoms with van der Waals surface area (Å²) >= 11 is 0. The van der Waals surface area contributed by atoms with Crippen LogP contribution in [-0.2, 0) is 16.0 Å². The van der Waals surface area contributed by atoms with E-state index in [1.165, 1.54) is 0 Å². The van der Waals surface area contributed by atoms with Crippen LogP contribution < -0.4 is 16.4 Å². The van der Waals surface area contributed by atoms with Crippen LogP contribution in [0.4, 0.5) is 0 Å². The van der Waals surface area contributed by atoms with Crippen LogP contribution in [0.15, 0.2) is 4.52 Å². The summed E-state index contributed by atoms with van der Waals surface area (Å²) in [5, 5.41) is 8.57. The molecule has 0 fully saturated rings. The van der Waals surface area contributed by atoms with E-state index in [0.717, 1.165) is 0 Å². The predicted molar refractivity (Wildman–Crippen MR) is 57.8 cm³/mol. The summed E-state index contributed by atoms with van der Waals surface area (Å²) in [4.78, 5) is 26.0. The van der Waals surface area contributed by atoms with Gasteiger partial charge < -0.3 is 20.9 Å². The Bertz CT molecular complexity index is 390. The number of amides is 2. The van der Waals surface area contributed by atoms with Crippen LogP contribution in [0.25, 0.3) is 0 Å². The van der Waals surface area contributed by atoms with Crippen molar-refractivity contribution in [3.05, 3.63) is 11.7 Å². The van der Waals surface area contributed by atoms with Crippen molar-refractivity contribution in [2.45, 2.75) is 13.3 Å². The Hall–Kier alpha value is -1.96. The van der Waals surface area contributed by atoms with Crippen molar-refractivity contribution in [2.75, 3.05) is 19.6 Å². The van der Waals surface area contributed by atoms with Gasteiger partial charge in [-0.15, -0.1) is 0 Å². The van der Waals surface area contributed by atoms with E-state index in [9.17, 15) is 9.59 Å². The molecule has 0 saturated carbocycles. The first-order valence-electron chi connectivity index (χ1n) is 5.14. The molecule has 1 heterocycles. The van der Waals surface area contributed by atoms with E-state index < -0.39 is 0 Å². The lowest BCUT2D eigenvalue weighted by Gasteiger charge is -2.04. The van der Waals surface area contributed by atoms with E-state index in [1.807, 2.05) is 0 Å². The van der Waals surface area contributed by atoms with Crippen molar-refractivity contribution >= 4 is 11.8 Å². The topological polar surface area (TPSA) is 123 Å². The number of aromatic nitrogens is 2. The number of hydrogen-bond acceptors (Lipinski definition) is 6. The molecular weight excluding hydrogens is 226 g/mol. The van der Waals surface area contributed by atoms with E-state index in [0.29, 0.717) is 24.7 Å². The van der Waals surface area contributed by atoms with Gasteiger partial charge >= 0.3 is 0 Å². The number of nitrogens with one attached hydrogen (secondary N) is 2. The zero-order chi connectivity index (χ0) is 12.7. The van der Waals surface area contributed by atoms with E-state index in [4.69, 9.17) is 10.3 Å². The highest BCUT2D eigenvalue weighted by molar-refractivity contribution is 5.85. The van der Waals surface area contributed by atoms with E-state index in [1.54, 1.807) is 6.92 Å². The molecule has 8 heteroatoms. The van der Waals surface area contributed by atoms with Gasteiger partial charge in [-0.3, -0.25) is 9.59 Å². The summed E-state index contributed by atoms with van der Waals surface area (Å²) < 4.78 is 4.86. The van der Waals surface area contributed by atoms with Crippen molar-refractivity contribution < 1.29 is 14.1 Å². The number of carbonyl (C=O) groups is 2. The van der Waals surface area contributed by atoms with Crippen molar-refractivity contribution in [2.24, 2.45) is 5.73 Å². The Morgan fingerprint density at radius 2 is 2.12 bits per heavy atom. The van der Waals surface area contributed by atoms with Crippen molar-refractivity contribution in [3.8, 4) is 0 Å². The van der Waals surface area contributed by atoms with Gasteiger partial charge in [0.1, 0.15) is 0 Å². The summed E-state index contributed by atoms with van der Waals surface area (Å²) in [5.74, 6) is 0.367. The molecule has 1 rings (SSSR count). The predicted octanol–water partition coefficient (Wildman–Crippen LogP) is -1.89. The molecule has 0 aliphatic carbocycles. The molecule has 0 aromatic carbocycles. The Labute approximate surface area is 97.9 Å². The van der Waals surface area contributed by atoms with Crippen LogP contribution >= 0.6 is 0 Å². The van der Waals surface area contributed by atoms with Crippen molar-refractivity contribution in [1.29, 1.82) is 0 Å². The Morgan fingerprint density at radius 3 is 2.71 bits per heavy atom. The molecule has 0 radical (unpaired) electrons. The van der Waals surface area contributed by atoms with Gasteiger partial charge in [0.05, 0.1) is 13.1 Å². The Kier molecular flexibility index (Phi) is 5.08. The summed E-state index contributed by atoms with van der Waals surface area (Å²) in [6, 6.07) is 0. The van der Waals surface area contributed by atoms with E-state index >= 15 is 0 Å². The summed E-state index contributed by atoms with van der Waals surface area (Å²) in [7, 11) is 0. The first-order chi connectivity index (χ1) is 8.11. The molecule has 17 heavy (non-hydrogen) atoms. The standard InChI is InChI=1S/C9H15N5O3/c1-6-13-9(17-14-6)2-3-11-8(16)5-12-7(15)4-10/h2-5,10H2,1H3,(H,11,16)(H,12,15). The second kappa shape index (κ2) is 6.59. The van der Waals surface area contributed by atoms with Crippen LogP contribution in [0.2, 0.25) is 0 Å². The maximum absolute atomic E-state index is 11.2. The largest absolute Gasteiger partial charge is 0.354 e. The quantitative estimate of drug-likeness (QED) is 0.535. The first kappa shape index (κ1) is 13.1. The highest BCUT2D eigenvalue weighted by atomic mass is 16.5. The van der Waals surface area contributed by atoms with Crippen LogP contribution in [0, 0.1) is 6.92 Å². The molecule has 0 aliphatic heterocycles. The molecule has 0 saturated heterocycles. The second-order valence-corrected chi connectivity index (χ2v) is 3.32. The molecule has 1 aromatic heterocycles. The van der Waals surface area contributed by atoms with Gasteiger partial charge in [0, 0.05) is 13.0 Å². The van der Waals surface area contributed by atoms with E-state index in [-0.39, 0.29) is 24.9 Å². The van der Waals surface area contributed by atoms with Crippen molar-refractivity contribution in [1.82, 2.24) is 20.8 Å². The number of aryl methyl sites for hydroxylation is 1. The monoisotopic (exact) mass is 241 g/mol. The maximum atomic E-state index is 11.2. The Morgan fingerprint density at radius 1 is 1.35 bits per heavy atom. The number of rotatable bonds is 6. The first-order valence-corrected chi connectivity index (χ1v) is 5.14. The minimum Gasteiger partial charge on any atom is -0.354 e. The molecule has 2 amide bonds.